The molecule has 1 atom stereocenters. The van der Waals surface area contributed by atoms with Crippen molar-refractivity contribution < 1.29 is 25.2 Å². The summed E-state index contributed by atoms with van der Waals surface area (Å²) >= 11 is 10.4. The van der Waals surface area contributed by atoms with Crippen LogP contribution in [0.5, 0.6) is 0 Å². The van der Waals surface area contributed by atoms with Crippen LogP contribution in [0.15, 0.2) is 0 Å². The van der Waals surface area contributed by atoms with Crippen LogP contribution < -0.4 is 0 Å². The second-order valence-corrected chi connectivity index (χ2v) is 6.07. The number of aliphatic carboxylic acids is 1. The molecule has 0 aliphatic carbocycles. The number of hydrogen-bond acceptors (Lipinski definition) is 7. The number of thiol groups is 3. The third-order valence-electron chi connectivity index (χ3n) is 1.44. The van der Waals surface area contributed by atoms with Gasteiger partial charge in [-0.15, -0.1) is 37.9 Å². The molecule has 0 aromatic carbocycles. The number of aliphatic hydroxyl groups excluding tert-OH is 3. The summed E-state index contributed by atoms with van der Waals surface area (Å²) in [6, 6.07) is 0. The molecule has 16 heavy (non-hydrogen) atoms. The van der Waals surface area contributed by atoms with Gasteiger partial charge in [0.1, 0.15) is 0 Å². The van der Waals surface area contributed by atoms with Gasteiger partial charge in [0.25, 0.3) is 0 Å². The molecular formula is C8H18O5S3. The second-order valence-electron chi connectivity index (χ2n) is 3.00. The molecule has 0 aliphatic heterocycles. The minimum absolute atomic E-state index is 0.165. The van der Waals surface area contributed by atoms with Crippen molar-refractivity contribution in [3.8, 4) is 0 Å². The summed E-state index contributed by atoms with van der Waals surface area (Å²) in [5, 5.41) is 33.4. The lowest BCUT2D eigenvalue weighted by molar-refractivity contribution is -0.135. The Morgan fingerprint density at radius 3 is 1.88 bits per heavy atom. The van der Waals surface area contributed by atoms with Crippen LogP contribution in [0.2, 0.25) is 0 Å². The lowest BCUT2D eigenvalue weighted by Crippen LogP contribution is -2.17. The SMILES string of the molecule is O=C(O)C(S)(S)S.OCCCCC(O)CO. The Bertz CT molecular complexity index is 183. The first kappa shape index (κ1) is 18.8. The molecule has 5 nitrogen and oxygen atoms in total. The van der Waals surface area contributed by atoms with Gasteiger partial charge in [-0.3, -0.25) is 0 Å². The van der Waals surface area contributed by atoms with E-state index < -0.39 is 15.5 Å². The maximum absolute atomic E-state index is 9.79. The molecule has 8 heteroatoms. The van der Waals surface area contributed by atoms with Gasteiger partial charge in [0.2, 0.25) is 0 Å². The Kier molecular flexibility index (Phi) is 12.4. The van der Waals surface area contributed by atoms with Crippen molar-refractivity contribution in [2.45, 2.75) is 28.8 Å². The molecule has 0 aliphatic rings. The van der Waals surface area contributed by atoms with Crippen molar-refractivity contribution in [2.24, 2.45) is 0 Å². The van der Waals surface area contributed by atoms with Crippen LogP contribution in [-0.4, -0.2) is 49.1 Å². The normalized spacial score (nSPS) is 12.6. The number of carboxylic acids is 1. The molecule has 0 saturated heterocycles. The summed E-state index contributed by atoms with van der Waals surface area (Å²) in [5.74, 6) is -1.16. The highest BCUT2D eigenvalue weighted by Crippen LogP contribution is 2.23. The van der Waals surface area contributed by atoms with E-state index in [0.717, 1.165) is 6.42 Å². The third-order valence-corrected chi connectivity index (χ3v) is 2.02. The first-order valence-corrected chi connectivity index (χ1v) is 5.90. The zero-order chi connectivity index (χ0) is 13.2. The Morgan fingerprint density at radius 2 is 1.62 bits per heavy atom. The molecule has 98 valence electrons. The zero-order valence-electron chi connectivity index (χ0n) is 8.65. The standard InChI is InChI=1S/C6H14O3.C2H4O2S3/c7-4-2-1-3-6(9)5-8;3-1(4)2(5,6)7/h6-9H,1-5H2;5-7H,(H,3,4). The minimum atomic E-state index is -1.50. The summed E-state index contributed by atoms with van der Waals surface area (Å²) in [6.45, 7) is -0.0103. The van der Waals surface area contributed by atoms with Crippen LogP contribution in [0.25, 0.3) is 0 Å². The maximum Gasteiger partial charge on any atom is 0.339 e. The van der Waals surface area contributed by atoms with E-state index >= 15 is 0 Å². The average Bonchev–Trinajstić information content (AvgIpc) is 2.17. The smallest absolute Gasteiger partial charge is 0.339 e. The van der Waals surface area contributed by atoms with Gasteiger partial charge in [-0.1, -0.05) is 0 Å². The summed E-state index contributed by atoms with van der Waals surface area (Å²) in [5.41, 5.74) is 0. The topological polar surface area (TPSA) is 98.0 Å². The van der Waals surface area contributed by atoms with Crippen molar-refractivity contribution >= 4 is 43.9 Å². The van der Waals surface area contributed by atoms with E-state index in [4.69, 9.17) is 20.4 Å². The molecule has 0 heterocycles. The van der Waals surface area contributed by atoms with Crippen LogP contribution in [0.3, 0.4) is 0 Å². The fourth-order valence-corrected chi connectivity index (χ4v) is 0.583. The van der Waals surface area contributed by atoms with Crippen LogP contribution in [-0.2, 0) is 4.79 Å². The molecule has 4 N–H and O–H groups in total. The minimum Gasteiger partial charge on any atom is -0.479 e. The highest BCUT2D eigenvalue weighted by molar-refractivity contribution is 8.18. The maximum atomic E-state index is 9.79. The summed E-state index contributed by atoms with van der Waals surface area (Å²) in [4.78, 5) is 9.79. The lowest BCUT2D eigenvalue weighted by atomic mass is 10.2. The van der Waals surface area contributed by atoms with E-state index in [0.29, 0.717) is 12.8 Å². The first-order valence-electron chi connectivity index (χ1n) is 4.56. The molecular weight excluding hydrogens is 272 g/mol. The zero-order valence-corrected chi connectivity index (χ0v) is 11.3. The quantitative estimate of drug-likeness (QED) is 0.212. The Balaban J connectivity index is 0. The molecule has 0 saturated carbocycles. The van der Waals surface area contributed by atoms with Gasteiger partial charge in [0.05, 0.1) is 12.7 Å². The average molecular weight is 290 g/mol. The van der Waals surface area contributed by atoms with Gasteiger partial charge in [-0.2, -0.15) is 0 Å². The van der Waals surface area contributed by atoms with Gasteiger partial charge in [0.15, 0.2) is 3.41 Å². The van der Waals surface area contributed by atoms with E-state index in [1.807, 2.05) is 0 Å². The highest BCUT2D eigenvalue weighted by atomic mass is 32.2. The molecule has 0 rings (SSSR count). The first-order chi connectivity index (χ1) is 7.25. The number of carboxylic acid groups (broad SMARTS) is 1. The van der Waals surface area contributed by atoms with E-state index in [2.05, 4.69) is 37.9 Å². The van der Waals surface area contributed by atoms with Crippen LogP contribution in [0.1, 0.15) is 19.3 Å². The lowest BCUT2D eigenvalue weighted by Gasteiger charge is -2.05. The Hall–Kier alpha value is 0.400. The van der Waals surface area contributed by atoms with E-state index in [1.54, 1.807) is 0 Å². The van der Waals surface area contributed by atoms with E-state index in [9.17, 15) is 4.79 Å². The fourth-order valence-electron chi connectivity index (χ4n) is 0.583. The van der Waals surface area contributed by atoms with E-state index in [1.165, 1.54) is 0 Å². The molecule has 0 fully saturated rings. The highest BCUT2D eigenvalue weighted by Gasteiger charge is 2.23. The monoisotopic (exact) mass is 290 g/mol. The van der Waals surface area contributed by atoms with Gasteiger partial charge in [-0.05, 0) is 19.3 Å². The molecule has 1 unspecified atom stereocenters. The summed E-state index contributed by atoms with van der Waals surface area (Å²) in [7, 11) is 0. The van der Waals surface area contributed by atoms with Crippen molar-refractivity contribution in [2.75, 3.05) is 13.2 Å². The summed E-state index contributed by atoms with van der Waals surface area (Å²) < 4.78 is -1.50. The largest absolute Gasteiger partial charge is 0.479 e. The van der Waals surface area contributed by atoms with Crippen LogP contribution >= 0.6 is 37.9 Å². The molecule has 0 spiro atoms. The van der Waals surface area contributed by atoms with Gasteiger partial charge in [0, 0.05) is 6.61 Å². The van der Waals surface area contributed by atoms with Gasteiger partial charge < -0.3 is 20.4 Å². The van der Waals surface area contributed by atoms with Crippen LogP contribution in [0.4, 0.5) is 0 Å². The molecule has 0 bridgehead atoms. The Labute approximate surface area is 111 Å². The van der Waals surface area contributed by atoms with Gasteiger partial charge >= 0.3 is 5.97 Å². The number of carbonyl (C=O) groups is 1. The molecule has 0 radical (unpaired) electrons. The fraction of sp³-hybridized carbons (Fsp3) is 0.875. The number of aliphatic hydroxyl groups is 3. The van der Waals surface area contributed by atoms with Gasteiger partial charge in [-0.25, -0.2) is 4.79 Å². The molecule has 0 aromatic heterocycles. The molecule has 0 aromatic rings. The van der Waals surface area contributed by atoms with E-state index in [-0.39, 0.29) is 13.2 Å². The third kappa shape index (κ3) is 14.4. The van der Waals surface area contributed by atoms with Crippen molar-refractivity contribution in [3.63, 3.8) is 0 Å². The van der Waals surface area contributed by atoms with Crippen molar-refractivity contribution in [3.05, 3.63) is 0 Å². The Morgan fingerprint density at radius 1 is 1.19 bits per heavy atom. The van der Waals surface area contributed by atoms with Crippen molar-refractivity contribution in [1.82, 2.24) is 0 Å². The second kappa shape index (κ2) is 10.5. The number of rotatable bonds is 6. The predicted molar refractivity (Wildman–Crippen MR) is 71.4 cm³/mol. The number of unbranched alkanes of at least 4 members (excludes halogenated alkanes) is 1. The number of hydrogen-bond donors (Lipinski definition) is 7. The summed E-state index contributed by atoms with van der Waals surface area (Å²) in [6.07, 6.45) is 1.46. The van der Waals surface area contributed by atoms with Crippen LogP contribution in [0, 0.1) is 0 Å². The van der Waals surface area contributed by atoms with Crippen molar-refractivity contribution in [1.29, 1.82) is 0 Å². The molecule has 0 amide bonds. The predicted octanol–water partition coefficient (Wildman–Crippen LogP) is 0.0164.